The fourth-order valence-electron chi connectivity index (χ4n) is 3.46. The van der Waals surface area contributed by atoms with E-state index in [0.717, 1.165) is 43.9 Å². The van der Waals surface area contributed by atoms with Crippen molar-refractivity contribution in [2.24, 2.45) is 11.1 Å². The van der Waals surface area contributed by atoms with Gasteiger partial charge in [-0.1, -0.05) is 30.7 Å². The minimum absolute atomic E-state index is 0.221. The van der Waals surface area contributed by atoms with Crippen LogP contribution in [-0.4, -0.2) is 46.9 Å². The van der Waals surface area contributed by atoms with E-state index in [9.17, 15) is 0 Å². The summed E-state index contributed by atoms with van der Waals surface area (Å²) in [4.78, 5) is 11.6. The van der Waals surface area contributed by atoms with Crippen LogP contribution in [0.2, 0.25) is 5.02 Å². The summed E-state index contributed by atoms with van der Waals surface area (Å²) in [5, 5.41) is 7.90. The van der Waals surface area contributed by atoms with Crippen LogP contribution in [0.25, 0.3) is 22.4 Å². The first-order valence-corrected chi connectivity index (χ1v) is 9.41. The number of nitrogens with zero attached hydrogens (tertiary/aromatic N) is 4. The first-order valence-electron chi connectivity index (χ1n) is 9.04. The van der Waals surface area contributed by atoms with E-state index in [1.54, 1.807) is 13.3 Å². The number of halogens is 1. The summed E-state index contributed by atoms with van der Waals surface area (Å²) in [5.74, 6) is 1.46. The summed E-state index contributed by atoms with van der Waals surface area (Å²) in [6.07, 6.45) is 3.91. The summed E-state index contributed by atoms with van der Waals surface area (Å²) in [6.45, 7) is 4.82. The van der Waals surface area contributed by atoms with Gasteiger partial charge in [-0.25, -0.2) is 9.97 Å². The van der Waals surface area contributed by atoms with Crippen molar-refractivity contribution in [3.8, 4) is 17.0 Å². The molecule has 0 saturated carbocycles. The zero-order valence-electron chi connectivity index (χ0n) is 15.5. The Morgan fingerprint density at radius 2 is 2.11 bits per heavy atom. The van der Waals surface area contributed by atoms with Crippen molar-refractivity contribution >= 4 is 28.6 Å². The van der Waals surface area contributed by atoms with E-state index in [-0.39, 0.29) is 5.41 Å². The third-order valence-corrected chi connectivity index (χ3v) is 5.87. The van der Waals surface area contributed by atoms with Gasteiger partial charge in [0.15, 0.2) is 5.65 Å². The molecular weight excluding hydrogens is 364 g/mol. The quantitative estimate of drug-likeness (QED) is 0.715. The highest BCUT2D eigenvalue weighted by Gasteiger charge is 2.29. The molecule has 3 N–H and O–H groups in total. The summed E-state index contributed by atoms with van der Waals surface area (Å²) in [6, 6.07) is 5.59. The minimum Gasteiger partial charge on any atom is -0.495 e. The molecule has 1 fully saturated rings. The van der Waals surface area contributed by atoms with Crippen molar-refractivity contribution in [2.45, 2.75) is 19.8 Å². The molecule has 27 heavy (non-hydrogen) atoms. The number of aromatic nitrogens is 4. The van der Waals surface area contributed by atoms with E-state index in [1.807, 2.05) is 18.2 Å². The van der Waals surface area contributed by atoms with Crippen molar-refractivity contribution in [3.05, 3.63) is 29.4 Å². The summed E-state index contributed by atoms with van der Waals surface area (Å²) in [5.41, 5.74) is 8.90. The second-order valence-corrected chi connectivity index (χ2v) is 7.70. The van der Waals surface area contributed by atoms with Crippen LogP contribution in [0.3, 0.4) is 0 Å². The van der Waals surface area contributed by atoms with Crippen LogP contribution in [0.1, 0.15) is 19.8 Å². The van der Waals surface area contributed by atoms with Crippen molar-refractivity contribution in [1.82, 2.24) is 20.2 Å². The van der Waals surface area contributed by atoms with Crippen molar-refractivity contribution in [2.75, 3.05) is 31.6 Å². The highest BCUT2D eigenvalue weighted by molar-refractivity contribution is 6.35. The number of aromatic amines is 1. The fraction of sp³-hybridized carbons (Fsp3) is 0.421. The van der Waals surface area contributed by atoms with Crippen molar-refractivity contribution < 1.29 is 4.74 Å². The molecule has 0 aliphatic carbocycles. The van der Waals surface area contributed by atoms with Crippen LogP contribution in [0.4, 0.5) is 5.82 Å². The molecule has 4 rings (SSSR count). The molecule has 3 aromatic rings. The smallest absolute Gasteiger partial charge is 0.177 e. The Hall–Kier alpha value is -2.38. The first-order chi connectivity index (χ1) is 13.0. The van der Waals surface area contributed by atoms with Gasteiger partial charge in [0.25, 0.3) is 0 Å². The lowest BCUT2D eigenvalue weighted by atomic mass is 9.80. The molecule has 0 bridgehead atoms. The molecule has 3 heterocycles. The van der Waals surface area contributed by atoms with Gasteiger partial charge >= 0.3 is 0 Å². The minimum atomic E-state index is 0.221. The number of fused-ring (bicyclic) bond motifs is 1. The third-order valence-electron chi connectivity index (χ3n) is 5.48. The standard InChI is InChI=1S/C19H23ClN6O/c1-19(11-21)6-8-26(9-7-19)14-10-22-17-16(24-25-18(17)23-14)12-4-3-5-13(27-2)15(12)20/h3-5,10H,6-9,11,21H2,1-2H3,(H,23,24,25). The number of rotatable bonds is 4. The highest BCUT2D eigenvalue weighted by atomic mass is 35.5. The Labute approximate surface area is 162 Å². The predicted molar refractivity (Wildman–Crippen MR) is 107 cm³/mol. The van der Waals surface area contributed by atoms with Crippen LogP contribution in [0.5, 0.6) is 5.75 Å². The van der Waals surface area contributed by atoms with Gasteiger partial charge in [0.1, 0.15) is 22.8 Å². The topological polar surface area (TPSA) is 93.0 Å². The fourth-order valence-corrected chi connectivity index (χ4v) is 3.76. The molecule has 2 aromatic heterocycles. The molecule has 1 aliphatic heterocycles. The Morgan fingerprint density at radius 3 is 2.81 bits per heavy atom. The SMILES string of the molecule is COc1cccc(-c2n[nH]c3nc(N4CCC(C)(CN)CC4)cnc23)c1Cl. The summed E-state index contributed by atoms with van der Waals surface area (Å²) < 4.78 is 5.30. The lowest BCUT2D eigenvalue weighted by molar-refractivity contribution is 0.258. The highest BCUT2D eigenvalue weighted by Crippen LogP contribution is 2.37. The molecule has 0 unspecified atom stereocenters. The van der Waals surface area contributed by atoms with E-state index in [0.29, 0.717) is 27.6 Å². The molecule has 8 heteroatoms. The van der Waals surface area contributed by atoms with Gasteiger partial charge in [-0.3, -0.25) is 5.10 Å². The van der Waals surface area contributed by atoms with Gasteiger partial charge in [-0.15, -0.1) is 0 Å². The van der Waals surface area contributed by atoms with Crippen LogP contribution < -0.4 is 15.4 Å². The maximum absolute atomic E-state index is 6.45. The average Bonchev–Trinajstić information content (AvgIpc) is 3.12. The molecule has 1 saturated heterocycles. The average molecular weight is 387 g/mol. The maximum Gasteiger partial charge on any atom is 0.177 e. The molecule has 142 valence electrons. The van der Waals surface area contributed by atoms with E-state index in [2.05, 4.69) is 27.0 Å². The normalized spacial score (nSPS) is 16.7. The molecule has 1 aromatic carbocycles. The molecular formula is C19H23ClN6O. The lowest BCUT2D eigenvalue weighted by Crippen LogP contribution is -2.42. The second kappa shape index (κ2) is 6.98. The summed E-state index contributed by atoms with van der Waals surface area (Å²) in [7, 11) is 1.59. The largest absolute Gasteiger partial charge is 0.495 e. The van der Waals surface area contributed by atoms with Gasteiger partial charge in [-0.2, -0.15) is 5.10 Å². The maximum atomic E-state index is 6.45. The Bertz CT molecular complexity index is 964. The van der Waals surface area contributed by atoms with Crippen LogP contribution >= 0.6 is 11.6 Å². The van der Waals surface area contributed by atoms with E-state index in [1.165, 1.54) is 0 Å². The second-order valence-electron chi connectivity index (χ2n) is 7.32. The molecule has 0 radical (unpaired) electrons. The zero-order chi connectivity index (χ0) is 19.0. The van der Waals surface area contributed by atoms with Gasteiger partial charge in [0.05, 0.1) is 18.3 Å². The van der Waals surface area contributed by atoms with Crippen LogP contribution in [0.15, 0.2) is 24.4 Å². The molecule has 0 atom stereocenters. The predicted octanol–water partition coefficient (Wildman–Crippen LogP) is 3.25. The van der Waals surface area contributed by atoms with Gasteiger partial charge < -0.3 is 15.4 Å². The number of piperidine rings is 1. The van der Waals surface area contributed by atoms with Crippen LogP contribution in [-0.2, 0) is 0 Å². The number of hydrogen-bond donors (Lipinski definition) is 2. The summed E-state index contributed by atoms with van der Waals surface area (Å²) >= 11 is 6.45. The van der Waals surface area contributed by atoms with E-state index in [4.69, 9.17) is 27.1 Å². The number of methoxy groups -OCH3 is 1. The van der Waals surface area contributed by atoms with E-state index >= 15 is 0 Å². The first kappa shape index (κ1) is 18.0. The lowest BCUT2D eigenvalue weighted by Gasteiger charge is -2.39. The molecule has 7 nitrogen and oxygen atoms in total. The Balaban J connectivity index is 1.65. The van der Waals surface area contributed by atoms with Crippen molar-refractivity contribution in [3.63, 3.8) is 0 Å². The molecule has 0 spiro atoms. The van der Waals surface area contributed by atoms with Gasteiger partial charge in [0, 0.05) is 18.7 Å². The molecule has 0 amide bonds. The third kappa shape index (κ3) is 3.21. The Morgan fingerprint density at radius 1 is 1.33 bits per heavy atom. The number of anilines is 1. The van der Waals surface area contributed by atoms with Gasteiger partial charge in [-0.05, 0) is 30.9 Å². The number of nitrogens with two attached hydrogens (primary N) is 1. The molecule has 1 aliphatic rings. The zero-order valence-corrected chi connectivity index (χ0v) is 16.3. The Kier molecular flexibility index (Phi) is 4.65. The monoisotopic (exact) mass is 386 g/mol. The van der Waals surface area contributed by atoms with Gasteiger partial charge in [0.2, 0.25) is 0 Å². The van der Waals surface area contributed by atoms with Crippen molar-refractivity contribution in [1.29, 1.82) is 0 Å². The number of ether oxygens (including phenoxy) is 1. The van der Waals surface area contributed by atoms with E-state index < -0.39 is 0 Å². The van der Waals surface area contributed by atoms with Crippen LogP contribution in [0, 0.1) is 5.41 Å². The number of hydrogen-bond acceptors (Lipinski definition) is 6. The number of benzene rings is 1. The number of nitrogens with one attached hydrogen (secondary N) is 1. The number of H-pyrrole nitrogens is 1.